The molecule has 176 valence electrons. The molecule has 11 heteroatoms. The SMILES string of the molecule is COc1ccc(OC)c2sc(NC(=O)c3ccc(S(=O)(=O)N4CC(C)OC(C)C4)cc3)nc12. The maximum Gasteiger partial charge on any atom is 0.257 e. The normalized spacial score (nSPS) is 19.4. The number of fused-ring (bicyclic) bond motifs is 1. The summed E-state index contributed by atoms with van der Waals surface area (Å²) in [4.78, 5) is 17.4. The van der Waals surface area contributed by atoms with E-state index in [1.54, 1.807) is 26.4 Å². The minimum atomic E-state index is -3.68. The van der Waals surface area contributed by atoms with E-state index >= 15 is 0 Å². The number of ether oxygens (including phenoxy) is 3. The Hall–Kier alpha value is -2.73. The van der Waals surface area contributed by atoms with Gasteiger partial charge in [0.05, 0.1) is 31.3 Å². The van der Waals surface area contributed by atoms with Crippen LogP contribution in [0, 0.1) is 0 Å². The third-order valence-corrected chi connectivity index (χ3v) is 8.10. The molecule has 2 unspecified atom stereocenters. The number of anilines is 1. The standard InChI is InChI=1S/C22H25N3O6S2/c1-13-11-25(12-14(2)31-13)33(27,28)16-7-5-15(6-8-16)21(26)24-22-23-19-17(29-3)9-10-18(30-4)20(19)32-22/h5-10,13-14H,11-12H2,1-4H3,(H,23,24,26). The Kier molecular flexibility index (Phi) is 6.57. The Morgan fingerprint density at radius 1 is 1.06 bits per heavy atom. The van der Waals surface area contributed by atoms with Gasteiger partial charge < -0.3 is 14.2 Å². The van der Waals surface area contributed by atoms with Gasteiger partial charge in [-0.05, 0) is 50.2 Å². The van der Waals surface area contributed by atoms with Crippen molar-refractivity contribution in [1.82, 2.24) is 9.29 Å². The monoisotopic (exact) mass is 491 g/mol. The predicted octanol–water partition coefficient (Wildman–Crippen LogP) is 3.36. The van der Waals surface area contributed by atoms with Gasteiger partial charge in [0.25, 0.3) is 5.91 Å². The van der Waals surface area contributed by atoms with Gasteiger partial charge in [0.2, 0.25) is 10.0 Å². The van der Waals surface area contributed by atoms with Crippen LogP contribution < -0.4 is 14.8 Å². The van der Waals surface area contributed by atoms with Crippen molar-refractivity contribution in [1.29, 1.82) is 0 Å². The van der Waals surface area contributed by atoms with E-state index in [4.69, 9.17) is 14.2 Å². The van der Waals surface area contributed by atoms with Gasteiger partial charge in [0.15, 0.2) is 5.13 Å². The predicted molar refractivity (Wildman–Crippen MR) is 126 cm³/mol. The molecular formula is C22H25N3O6S2. The van der Waals surface area contributed by atoms with Gasteiger partial charge in [-0.3, -0.25) is 10.1 Å². The molecule has 0 radical (unpaired) electrons. The molecule has 3 aromatic rings. The van der Waals surface area contributed by atoms with Crippen molar-refractivity contribution in [2.75, 3.05) is 32.6 Å². The van der Waals surface area contributed by atoms with E-state index < -0.39 is 15.9 Å². The van der Waals surface area contributed by atoms with Crippen LogP contribution in [0.25, 0.3) is 10.2 Å². The molecule has 1 aliphatic rings. The lowest BCUT2D eigenvalue weighted by atomic mass is 10.2. The fourth-order valence-corrected chi connectivity index (χ4v) is 6.32. The summed E-state index contributed by atoms with van der Waals surface area (Å²) in [5.74, 6) is 0.804. The molecule has 2 heterocycles. The zero-order valence-corrected chi connectivity index (χ0v) is 20.3. The number of hydrogen-bond acceptors (Lipinski definition) is 8. The summed E-state index contributed by atoms with van der Waals surface area (Å²) in [7, 11) is -0.568. The van der Waals surface area contributed by atoms with Gasteiger partial charge in [-0.2, -0.15) is 4.31 Å². The fourth-order valence-electron chi connectivity index (χ4n) is 3.76. The number of nitrogens with zero attached hydrogens (tertiary/aromatic N) is 2. The summed E-state index contributed by atoms with van der Waals surface area (Å²) >= 11 is 1.27. The van der Waals surface area contributed by atoms with Crippen molar-refractivity contribution >= 4 is 42.6 Å². The van der Waals surface area contributed by atoms with Crippen LogP contribution in [0.2, 0.25) is 0 Å². The second kappa shape index (κ2) is 9.26. The molecule has 1 amide bonds. The van der Waals surface area contributed by atoms with Crippen LogP contribution in [0.4, 0.5) is 5.13 Å². The average Bonchev–Trinajstić information content (AvgIpc) is 3.21. The molecule has 1 fully saturated rings. The van der Waals surface area contributed by atoms with Gasteiger partial charge in [-0.25, -0.2) is 13.4 Å². The van der Waals surface area contributed by atoms with Gasteiger partial charge in [-0.15, -0.1) is 0 Å². The summed E-state index contributed by atoms with van der Waals surface area (Å²) in [6.07, 6.45) is -0.362. The lowest BCUT2D eigenvalue weighted by Gasteiger charge is -2.34. The first-order valence-electron chi connectivity index (χ1n) is 10.3. The minimum Gasteiger partial charge on any atom is -0.495 e. The number of benzene rings is 2. The zero-order valence-electron chi connectivity index (χ0n) is 18.7. The van der Waals surface area contributed by atoms with Gasteiger partial charge in [-0.1, -0.05) is 11.3 Å². The number of hydrogen-bond donors (Lipinski definition) is 1. The molecule has 9 nitrogen and oxygen atoms in total. The molecule has 2 atom stereocenters. The van der Waals surface area contributed by atoms with Crippen molar-refractivity contribution in [2.45, 2.75) is 31.0 Å². The molecule has 33 heavy (non-hydrogen) atoms. The first-order chi connectivity index (χ1) is 15.7. The summed E-state index contributed by atoms with van der Waals surface area (Å²) < 4.78 is 44.5. The molecule has 0 bridgehead atoms. The van der Waals surface area contributed by atoms with Crippen molar-refractivity contribution in [3.8, 4) is 11.5 Å². The first kappa shape index (κ1) is 23.4. The number of sulfonamides is 1. The fraction of sp³-hybridized carbons (Fsp3) is 0.364. The van der Waals surface area contributed by atoms with E-state index in [1.165, 1.54) is 39.9 Å². The van der Waals surface area contributed by atoms with Crippen LogP contribution in [0.3, 0.4) is 0 Å². The third kappa shape index (κ3) is 4.67. The van der Waals surface area contributed by atoms with Crippen LogP contribution in [-0.2, 0) is 14.8 Å². The highest BCUT2D eigenvalue weighted by Gasteiger charge is 2.32. The Morgan fingerprint density at radius 3 is 2.27 bits per heavy atom. The van der Waals surface area contributed by atoms with Crippen LogP contribution >= 0.6 is 11.3 Å². The summed E-state index contributed by atoms with van der Waals surface area (Å²) in [5, 5.41) is 3.14. The van der Waals surface area contributed by atoms with Crippen LogP contribution in [0.5, 0.6) is 11.5 Å². The average molecular weight is 492 g/mol. The second-order valence-electron chi connectivity index (χ2n) is 7.72. The van der Waals surface area contributed by atoms with Crippen LogP contribution in [0.1, 0.15) is 24.2 Å². The molecule has 0 spiro atoms. The van der Waals surface area contributed by atoms with E-state index in [1.807, 2.05) is 13.8 Å². The molecule has 1 N–H and O–H groups in total. The smallest absolute Gasteiger partial charge is 0.257 e. The van der Waals surface area contributed by atoms with Crippen molar-refractivity contribution in [3.05, 3.63) is 42.0 Å². The number of nitrogens with one attached hydrogen (secondary N) is 1. The largest absolute Gasteiger partial charge is 0.495 e. The maximum atomic E-state index is 13.0. The van der Waals surface area contributed by atoms with Crippen LogP contribution in [0.15, 0.2) is 41.3 Å². The number of methoxy groups -OCH3 is 2. The second-order valence-corrected chi connectivity index (χ2v) is 10.7. The van der Waals surface area contributed by atoms with Crippen molar-refractivity contribution in [2.24, 2.45) is 0 Å². The van der Waals surface area contributed by atoms with Crippen molar-refractivity contribution in [3.63, 3.8) is 0 Å². The Morgan fingerprint density at radius 2 is 1.67 bits per heavy atom. The third-order valence-electron chi connectivity index (χ3n) is 5.27. The minimum absolute atomic E-state index is 0.134. The molecule has 0 aliphatic carbocycles. The Bertz CT molecular complexity index is 1220. The summed E-state index contributed by atoms with van der Waals surface area (Å²) in [5.41, 5.74) is 0.906. The molecule has 0 saturated carbocycles. The molecule has 2 aromatic carbocycles. The topological polar surface area (TPSA) is 107 Å². The summed E-state index contributed by atoms with van der Waals surface area (Å²) in [6, 6.07) is 9.40. The highest BCUT2D eigenvalue weighted by molar-refractivity contribution is 7.89. The number of rotatable bonds is 6. The van der Waals surface area contributed by atoms with E-state index in [0.29, 0.717) is 40.8 Å². The van der Waals surface area contributed by atoms with E-state index in [2.05, 4.69) is 10.3 Å². The number of amides is 1. The van der Waals surface area contributed by atoms with Crippen LogP contribution in [-0.4, -0.2) is 63.1 Å². The lowest BCUT2D eigenvalue weighted by molar-refractivity contribution is -0.0440. The van der Waals surface area contributed by atoms with Gasteiger partial charge >= 0.3 is 0 Å². The lowest BCUT2D eigenvalue weighted by Crippen LogP contribution is -2.48. The van der Waals surface area contributed by atoms with Gasteiger partial charge in [0, 0.05) is 18.7 Å². The van der Waals surface area contributed by atoms with Gasteiger partial charge in [0.1, 0.15) is 21.7 Å². The quantitative estimate of drug-likeness (QED) is 0.563. The van der Waals surface area contributed by atoms with Crippen molar-refractivity contribution < 1.29 is 27.4 Å². The number of carbonyl (C=O) groups excluding carboxylic acids is 1. The maximum absolute atomic E-state index is 13.0. The van der Waals surface area contributed by atoms with E-state index in [-0.39, 0.29) is 17.1 Å². The Balaban J connectivity index is 1.53. The highest BCUT2D eigenvalue weighted by atomic mass is 32.2. The Labute approximate surface area is 196 Å². The molecular weight excluding hydrogens is 466 g/mol. The summed E-state index contributed by atoms with van der Waals surface area (Å²) in [6.45, 7) is 4.27. The number of thiazole rings is 1. The molecule has 4 rings (SSSR count). The zero-order chi connectivity index (χ0) is 23.8. The molecule has 1 saturated heterocycles. The first-order valence-corrected chi connectivity index (χ1v) is 12.6. The molecule has 1 aromatic heterocycles. The highest BCUT2D eigenvalue weighted by Crippen LogP contribution is 2.38. The number of morpholine rings is 1. The number of carbonyl (C=O) groups is 1. The molecule has 1 aliphatic heterocycles. The van der Waals surface area contributed by atoms with E-state index in [9.17, 15) is 13.2 Å². The number of aromatic nitrogens is 1. The van der Waals surface area contributed by atoms with E-state index in [0.717, 1.165) is 4.70 Å².